The van der Waals surface area contributed by atoms with Gasteiger partial charge in [-0.2, -0.15) is 13.2 Å². The molecule has 0 aromatic rings. The van der Waals surface area contributed by atoms with Gasteiger partial charge in [0.15, 0.2) is 0 Å². The molecule has 0 aromatic heterocycles. The first-order valence-electron chi connectivity index (χ1n) is 7.46. The van der Waals surface area contributed by atoms with Crippen LogP contribution >= 0.6 is 0 Å². The Morgan fingerprint density at radius 1 is 1.36 bits per heavy atom. The molecule has 0 unspecified atom stereocenters. The van der Waals surface area contributed by atoms with Crippen LogP contribution in [0.3, 0.4) is 0 Å². The first-order valence-corrected chi connectivity index (χ1v) is 7.46. The van der Waals surface area contributed by atoms with E-state index in [1.807, 2.05) is 0 Å². The molecule has 1 fully saturated rings. The normalized spacial score (nSPS) is 21.2. The summed E-state index contributed by atoms with van der Waals surface area (Å²) in [6.45, 7) is 3.15. The van der Waals surface area contributed by atoms with Crippen molar-refractivity contribution in [3.8, 4) is 12.3 Å². The number of terminal acetylenes is 1. The molecule has 0 aliphatic carbocycles. The maximum Gasteiger partial charge on any atom is 0.410 e. The molecule has 142 valence electrons. The standard InChI is InChI=1S/C15H21F3N2O5/c1-5-11-6-20(13(22)25-14(2,3)4)10(7-23-11)8-24-12(21)19-9-15(16,17)18/h1,10-11H,6-9H2,2-4H3,(H,19,21)/t10-,11+/m0/s1. The minimum atomic E-state index is -4.55. The van der Waals surface area contributed by atoms with E-state index < -0.39 is 42.7 Å². The fraction of sp³-hybridized carbons (Fsp3) is 0.733. The Kier molecular flexibility index (Phi) is 6.93. The molecule has 0 spiro atoms. The van der Waals surface area contributed by atoms with Gasteiger partial charge in [0.1, 0.15) is 24.9 Å². The van der Waals surface area contributed by atoms with Crippen LogP contribution in [0, 0.1) is 12.3 Å². The van der Waals surface area contributed by atoms with Crippen molar-refractivity contribution < 1.29 is 37.0 Å². The van der Waals surface area contributed by atoms with Crippen LogP contribution in [0.4, 0.5) is 22.8 Å². The number of nitrogens with one attached hydrogen (secondary N) is 1. The van der Waals surface area contributed by atoms with Crippen molar-refractivity contribution >= 4 is 12.2 Å². The van der Waals surface area contributed by atoms with Gasteiger partial charge in [-0.3, -0.25) is 4.90 Å². The third-order valence-corrected chi connectivity index (χ3v) is 2.95. The number of carbonyl (C=O) groups is 2. The number of morpholine rings is 1. The topological polar surface area (TPSA) is 77.1 Å². The predicted octanol–water partition coefficient (Wildman–Crippen LogP) is 1.91. The molecule has 2 amide bonds. The Labute approximate surface area is 143 Å². The molecule has 1 aliphatic heterocycles. The second-order valence-electron chi connectivity index (χ2n) is 6.34. The molecule has 1 N–H and O–H groups in total. The van der Waals surface area contributed by atoms with Crippen molar-refractivity contribution in [1.82, 2.24) is 10.2 Å². The van der Waals surface area contributed by atoms with Crippen LogP contribution in [-0.2, 0) is 14.2 Å². The average molecular weight is 366 g/mol. The highest BCUT2D eigenvalue weighted by molar-refractivity contribution is 5.69. The lowest BCUT2D eigenvalue weighted by atomic mass is 10.2. The zero-order chi connectivity index (χ0) is 19.3. The summed E-state index contributed by atoms with van der Waals surface area (Å²) in [6, 6.07) is -0.726. The van der Waals surface area contributed by atoms with Crippen LogP contribution < -0.4 is 5.32 Å². The van der Waals surface area contributed by atoms with Crippen molar-refractivity contribution in [2.24, 2.45) is 0 Å². The van der Waals surface area contributed by atoms with E-state index in [1.165, 1.54) is 4.90 Å². The summed E-state index contributed by atoms with van der Waals surface area (Å²) < 4.78 is 51.4. The van der Waals surface area contributed by atoms with Crippen molar-refractivity contribution in [3.63, 3.8) is 0 Å². The zero-order valence-electron chi connectivity index (χ0n) is 14.2. The SMILES string of the molecule is C#C[C@@H]1CN(C(=O)OC(C)(C)C)[C@H](COC(=O)NCC(F)(F)F)CO1. The molecule has 1 rings (SSSR count). The highest BCUT2D eigenvalue weighted by atomic mass is 19.4. The molecule has 1 saturated heterocycles. The highest BCUT2D eigenvalue weighted by Crippen LogP contribution is 2.17. The van der Waals surface area contributed by atoms with Crippen molar-refractivity contribution in [1.29, 1.82) is 0 Å². The van der Waals surface area contributed by atoms with E-state index in [9.17, 15) is 22.8 Å². The average Bonchev–Trinajstić information content (AvgIpc) is 2.48. The van der Waals surface area contributed by atoms with E-state index >= 15 is 0 Å². The van der Waals surface area contributed by atoms with E-state index in [-0.39, 0.29) is 19.8 Å². The van der Waals surface area contributed by atoms with E-state index in [0.29, 0.717) is 0 Å². The third-order valence-electron chi connectivity index (χ3n) is 2.95. The highest BCUT2D eigenvalue weighted by Gasteiger charge is 2.35. The van der Waals surface area contributed by atoms with E-state index in [2.05, 4.69) is 5.92 Å². The van der Waals surface area contributed by atoms with Gasteiger partial charge >= 0.3 is 18.4 Å². The van der Waals surface area contributed by atoms with Crippen molar-refractivity contribution in [3.05, 3.63) is 0 Å². The van der Waals surface area contributed by atoms with E-state index in [4.69, 9.17) is 20.6 Å². The minimum Gasteiger partial charge on any atom is -0.447 e. The molecule has 1 aliphatic rings. The Hall–Kier alpha value is -2.15. The van der Waals surface area contributed by atoms with Gasteiger partial charge in [0.05, 0.1) is 19.2 Å². The van der Waals surface area contributed by atoms with Crippen LogP contribution in [0.2, 0.25) is 0 Å². The quantitative estimate of drug-likeness (QED) is 0.772. The second-order valence-corrected chi connectivity index (χ2v) is 6.34. The monoisotopic (exact) mass is 366 g/mol. The minimum absolute atomic E-state index is 0.0175. The summed E-state index contributed by atoms with van der Waals surface area (Å²) in [6.07, 6.45) is -1.84. The first kappa shape index (κ1) is 20.9. The summed E-state index contributed by atoms with van der Waals surface area (Å²) in [4.78, 5) is 24.8. The fourth-order valence-corrected chi connectivity index (χ4v) is 1.88. The summed E-state index contributed by atoms with van der Waals surface area (Å²) >= 11 is 0. The lowest BCUT2D eigenvalue weighted by Gasteiger charge is -2.38. The lowest BCUT2D eigenvalue weighted by molar-refractivity contribution is -0.124. The zero-order valence-corrected chi connectivity index (χ0v) is 14.2. The van der Waals surface area contributed by atoms with Gasteiger partial charge in [-0.05, 0) is 20.8 Å². The number of amides is 2. The summed E-state index contributed by atoms with van der Waals surface area (Å²) in [5.41, 5.74) is -0.753. The third kappa shape index (κ3) is 7.98. The van der Waals surface area contributed by atoms with Gasteiger partial charge in [-0.15, -0.1) is 6.42 Å². The van der Waals surface area contributed by atoms with Crippen molar-refractivity contribution in [2.75, 3.05) is 26.3 Å². The number of hydrogen-bond donors (Lipinski definition) is 1. The van der Waals surface area contributed by atoms with Crippen LogP contribution in [0.15, 0.2) is 0 Å². The number of ether oxygens (including phenoxy) is 3. The molecule has 10 heteroatoms. The molecule has 1 heterocycles. The number of alkyl carbamates (subject to hydrolysis) is 1. The predicted molar refractivity (Wildman–Crippen MR) is 80.7 cm³/mol. The molecule has 25 heavy (non-hydrogen) atoms. The first-order chi connectivity index (χ1) is 11.4. The summed E-state index contributed by atoms with van der Waals surface area (Å²) in [7, 11) is 0. The molecule has 0 radical (unpaired) electrons. The number of halogens is 3. The number of alkyl halides is 3. The number of nitrogens with zero attached hydrogens (tertiary/aromatic N) is 1. The number of rotatable bonds is 3. The molecule has 7 nitrogen and oxygen atoms in total. The van der Waals surface area contributed by atoms with Gasteiger partial charge in [-0.1, -0.05) is 5.92 Å². The van der Waals surface area contributed by atoms with E-state index in [1.54, 1.807) is 26.1 Å². The van der Waals surface area contributed by atoms with Gasteiger partial charge in [0.2, 0.25) is 0 Å². The van der Waals surface area contributed by atoms with Crippen LogP contribution in [-0.4, -0.2) is 67.3 Å². The molecule has 0 saturated carbocycles. The number of hydrogen-bond acceptors (Lipinski definition) is 5. The largest absolute Gasteiger partial charge is 0.447 e. The van der Waals surface area contributed by atoms with Gasteiger partial charge < -0.3 is 19.5 Å². The Morgan fingerprint density at radius 3 is 2.52 bits per heavy atom. The Morgan fingerprint density at radius 2 is 2.00 bits per heavy atom. The number of carbonyl (C=O) groups excluding carboxylic acids is 2. The summed E-state index contributed by atoms with van der Waals surface area (Å²) in [5.74, 6) is 2.36. The lowest BCUT2D eigenvalue weighted by Crippen LogP contribution is -2.55. The molecule has 0 aromatic carbocycles. The molecule has 0 bridgehead atoms. The molecular weight excluding hydrogens is 345 g/mol. The maximum absolute atomic E-state index is 12.3. The van der Waals surface area contributed by atoms with Gasteiger partial charge in [0, 0.05) is 0 Å². The summed E-state index contributed by atoms with van der Waals surface area (Å²) in [5, 5.41) is 1.57. The maximum atomic E-state index is 12.3. The Bertz CT molecular complexity index is 525. The van der Waals surface area contributed by atoms with Crippen LogP contribution in [0.25, 0.3) is 0 Å². The smallest absolute Gasteiger partial charge is 0.410 e. The van der Waals surface area contributed by atoms with Crippen LogP contribution in [0.1, 0.15) is 20.8 Å². The van der Waals surface area contributed by atoms with Gasteiger partial charge in [-0.25, -0.2) is 9.59 Å². The van der Waals surface area contributed by atoms with E-state index in [0.717, 1.165) is 0 Å². The fourth-order valence-electron chi connectivity index (χ4n) is 1.88. The second kappa shape index (κ2) is 8.29. The molecule has 2 atom stereocenters. The molecular formula is C15H21F3N2O5. The van der Waals surface area contributed by atoms with Gasteiger partial charge in [0.25, 0.3) is 0 Å². The Balaban J connectivity index is 2.63. The van der Waals surface area contributed by atoms with Crippen molar-refractivity contribution in [2.45, 2.75) is 44.7 Å². The van der Waals surface area contributed by atoms with Crippen LogP contribution in [0.5, 0.6) is 0 Å².